The number of carbonyl (C=O) groups is 1. The summed E-state index contributed by atoms with van der Waals surface area (Å²) < 4.78 is 32.8. The third-order valence-corrected chi connectivity index (χ3v) is 4.04. The molecule has 1 atom stereocenters. The smallest absolute Gasteiger partial charge is 0.267 e. The molecule has 4 nitrogen and oxygen atoms in total. The van der Waals surface area contributed by atoms with Crippen LogP contribution in [0.2, 0.25) is 0 Å². The molecule has 1 aromatic carbocycles. The fraction of sp³-hybridized carbons (Fsp3) is 0.429. The molecule has 6 heteroatoms. The molecular weight excluding hydrogens is 350 g/mol. The summed E-state index contributed by atoms with van der Waals surface area (Å²) in [4.78, 5) is 15.2. The zero-order chi connectivity index (χ0) is 20.0. The highest BCUT2D eigenvalue weighted by molar-refractivity contribution is 5.88. The molecule has 0 unspecified atom stereocenters. The highest BCUT2D eigenvalue weighted by Gasteiger charge is 2.17. The van der Waals surface area contributed by atoms with Gasteiger partial charge in [-0.25, -0.2) is 13.8 Å². The average molecular weight is 376 g/mol. The van der Waals surface area contributed by atoms with Gasteiger partial charge in [0.2, 0.25) is 5.91 Å². The molecule has 0 saturated carbocycles. The molecule has 146 valence electrons. The van der Waals surface area contributed by atoms with Gasteiger partial charge in [-0.3, -0.25) is 4.79 Å². The summed E-state index contributed by atoms with van der Waals surface area (Å²) in [6, 6.07) is 8.11. The number of carbonyl (C=O) groups excluding carboxylic acids is 1. The van der Waals surface area contributed by atoms with Crippen LogP contribution in [-0.4, -0.2) is 17.5 Å². The molecule has 0 aliphatic rings. The maximum atomic E-state index is 13.6. The van der Waals surface area contributed by atoms with Gasteiger partial charge < -0.3 is 10.1 Å². The number of hydrogen-bond acceptors (Lipinski definition) is 3. The quantitative estimate of drug-likeness (QED) is 0.642. The van der Waals surface area contributed by atoms with E-state index in [-0.39, 0.29) is 23.1 Å². The first-order valence-electron chi connectivity index (χ1n) is 9.05. The number of anilines is 1. The third-order valence-electron chi connectivity index (χ3n) is 4.04. The minimum Gasteiger partial charge on any atom is -0.493 e. The Morgan fingerprint density at radius 1 is 1.15 bits per heavy atom. The van der Waals surface area contributed by atoms with E-state index in [2.05, 4.69) is 31.1 Å². The average Bonchev–Trinajstić information content (AvgIpc) is 2.58. The molecule has 27 heavy (non-hydrogen) atoms. The Hall–Kier alpha value is -2.50. The highest BCUT2D eigenvalue weighted by atomic mass is 19.3. The van der Waals surface area contributed by atoms with Gasteiger partial charge in [0.25, 0.3) is 6.43 Å². The Bertz CT molecular complexity index is 779. The van der Waals surface area contributed by atoms with Crippen molar-refractivity contribution in [3.05, 3.63) is 42.1 Å². The van der Waals surface area contributed by atoms with Gasteiger partial charge in [0.15, 0.2) is 0 Å². The SMILES string of the molecule is CC(=O)Nc1cc(-c2ccc(OC[C@H](C)CC(C)C)c(C(F)F)c2)ccn1. The molecule has 0 aliphatic carbocycles. The first-order chi connectivity index (χ1) is 12.8. The lowest BCUT2D eigenvalue weighted by atomic mass is 10.00. The molecule has 0 fully saturated rings. The lowest BCUT2D eigenvalue weighted by molar-refractivity contribution is -0.114. The van der Waals surface area contributed by atoms with E-state index in [0.717, 1.165) is 6.42 Å². The van der Waals surface area contributed by atoms with Crippen LogP contribution in [0.1, 0.15) is 46.1 Å². The topological polar surface area (TPSA) is 51.2 Å². The lowest BCUT2D eigenvalue weighted by Crippen LogP contribution is -2.12. The maximum Gasteiger partial charge on any atom is 0.267 e. The molecule has 1 heterocycles. The number of rotatable bonds is 8. The van der Waals surface area contributed by atoms with Gasteiger partial charge in [0.05, 0.1) is 12.2 Å². The second-order valence-corrected chi connectivity index (χ2v) is 7.21. The number of amides is 1. The monoisotopic (exact) mass is 376 g/mol. The zero-order valence-corrected chi connectivity index (χ0v) is 16.1. The fourth-order valence-corrected chi connectivity index (χ4v) is 2.99. The Balaban J connectivity index is 2.23. The predicted molar refractivity (Wildman–Crippen MR) is 103 cm³/mol. The van der Waals surface area contributed by atoms with E-state index in [9.17, 15) is 13.6 Å². The maximum absolute atomic E-state index is 13.6. The van der Waals surface area contributed by atoms with Gasteiger partial charge in [0.1, 0.15) is 11.6 Å². The van der Waals surface area contributed by atoms with E-state index in [1.165, 1.54) is 19.2 Å². The van der Waals surface area contributed by atoms with Crippen LogP contribution in [0.25, 0.3) is 11.1 Å². The van der Waals surface area contributed by atoms with E-state index >= 15 is 0 Å². The van der Waals surface area contributed by atoms with E-state index in [1.807, 2.05) is 0 Å². The van der Waals surface area contributed by atoms with Crippen molar-refractivity contribution in [2.24, 2.45) is 11.8 Å². The van der Waals surface area contributed by atoms with Crippen molar-refractivity contribution >= 4 is 11.7 Å². The Morgan fingerprint density at radius 3 is 2.48 bits per heavy atom. The normalized spacial score (nSPS) is 12.3. The van der Waals surface area contributed by atoms with E-state index in [0.29, 0.717) is 29.5 Å². The van der Waals surface area contributed by atoms with Gasteiger partial charge in [-0.1, -0.05) is 26.8 Å². The second-order valence-electron chi connectivity index (χ2n) is 7.21. The zero-order valence-electron chi connectivity index (χ0n) is 16.1. The summed E-state index contributed by atoms with van der Waals surface area (Å²) in [6.45, 7) is 8.09. The van der Waals surface area contributed by atoms with Gasteiger partial charge in [-0.15, -0.1) is 0 Å². The van der Waals surface area contributed by atoms with E-state index in [4.69, 9.17) is 4.74 Å². The molecule has 0 bridgehead atoms. The minimum absolute atomic E-state index is 0.137. The number of alkyl halides is 2. The van der Waals surface area contributed by atoms with Crippen molar-refractivity contribution < 1.29 is 18.3 Å². The van der Waals surface area contributed by atoms with E-state index in [1.54, 1.807) is 24.3 Å². The van der Waals surface area contributed by atoms with Gasteiger partial charge in [-0.2, -0.15) is 0 Å². The molecule has 1 amide bonds. The minimum atomic E-state index is -2.64. The third kappa shape index (κ3) is 6.31. The highest BCUT2D eigenvalue weighted by Crippen LogP contribution is 2.34. The number of pyridine rings is 1. The van der Waals surface area contributed by atoms with Crippen LogP contribution in [-0.2, 0) is 4.79 Å². The fourth-order valence-electron chi connectivity index (χ4n) is 2.99. The number of nitrogens with zero attached hydrogens (tertiary/aromatic N) is 1. The summed E-state index contributed by atoms with van der Waals surface area (Å²) in [6.07, 6.45) is -0.136. The first kappa shape index (κ1) is 20.8. The molecule has 2 rings (SSSR count). The molecule has 2 aromatic rings. The number of ether oxygens (including phenoxy) is 1. The van der Waals surface area contributed by atoms with Gasteiger partial charge in [0, 0.05) is 13.1 Å². The molecular formula is C21H26F2N2O2. The molecule has 1 aromatic heterocycles. The number of halogens is 2. The lowest BCUT2D eigenvalue weighted by Gasteiger charge is -2.17. The molecule has 0 spiro atoms. The number of nitrogens with one attached hydrogen (secondary N) is 1. The van der Waals surface area contributed by atoms with Gasteiger partial charge in [-0.05, 0) is 53.6 Å². The van der Waals surface area contributed by atoms with Crippen molar-refractivity contribution in [3.63, 3.8) is 0 Å². The van der Waals surface area contributed by atoms with Crippen molar-refractivity contribution in [3.8, 4) is 16.9 Å². The standard InChI is InChI=1S/C21H26F2N2O2/c1-13(2)9-14(3)12-27-19-6-5-16(10-18(19)21(22)23)17-7-8-24-20(11-17)25-15(4)26/h5-8,10-11,13-14,21H,9,12H2,1-4H3,(H,24,25,26)/t14-/m1/s1. The number of benzene rings is 1. The van der Waals surface area contributed by atoms with Crippen LogP contribution in [0.4, 0.5) is 14.6 Å². The van der Waals surface area contributed by atoms with Crippen LogP contribution >= 0.6 is 0 Å². The van der Waals surface area contributed by atoms with Crippen LogP contribution in [0.5, 0.6) is 5.75 Å². The number of hydrogen-bond donors (Lipinski definition) is 1. The summed E-state index contributed by atoms with van der Waals surface area (Å²) >= 11 is 0. The molecule has 0 radical (unpaired) electrons. The van der Waals surface area contributed by atoms with Crippen LogP contribution < -0.4 is 10.1 Å². The van der Waals surface area contributed by atoms with E-state index < -0.39 is 6.43 Å². The summed E-state index contributed by atoms with van der Waals surface area (Å²) in [5.41, 5.74) is 1.17. The Labute approximate surface area is 159 Å². The Morgan fingerprint density at radius 2 is 1.85 bits per heavy atom. The molecule has 0 aliphatic heterocycles. The molecule has 1 N–H and O–H groups in total. The summed E-state index contributed by atoms with van der Waals surface area (Å²) in [5.74, 6) is 1.16. The van der Waals surface area contributed by atoms with Crippen LogP contribution in [0.3, 0.4) is 0 Å². The predicted octanol–water partition coefficient (Wildman–Crippen LogP) is 5.71. The molecule has 0 saturated heterocycles. The van der Waals surface area contributed by atoms with Gasteiger partial charge >= 0.3 is 0 Å². The number of aromatic nitrogens is 1. The first-order valence-corrected chi connectivity index (χ1v) is 9.05. The van der Waals surface area contributed by atoms with Crippen LogP contribution in [0, 0.1) is 11.8 Å². The largest absolute Gasteiger partial charge is 0.493 e. The van der Waals surface area contributed by atoms with Crippen molar-refractivity contribution in [1.82, 2.24) is 4.98 Å². The van der Waals surface area contributed by atoms with Crippen molar-refractivity contribution in [2.75, 3.05) is 11.9 Å². The van der Waals surface area contributed by atoms with Crippen molar-refractivity contribution in [1.29, 1.82) is 0 Å². The summed E-state index contributed by atoms with van der Waals surface area (Å²) in [5, 5.41) is 2.59. The summed E-state index contributed by atoms with van der Waals surface area (Å²) in [7, 11) is 0. The van der Waals surface area contributed by atoms with Crippen molar-refractivity contribution in [2.45, 2.75) is 40.5 Å². The van der Waals surface area contributed by atoms with Crippen LogP contribution in [0.15, 0.2) is 36.5 Å². The Kier molecular flexibility index (Phi) is 7.28. The second kappa shape index (κ2) is 9.44.